The molecule has 1 aromatic rings. The van der Waals surface area contributed by atoms with E-state index >= 15 is 0 Å². The van der Waals surface area contributed by atoms with Crippen LogP contribution in [0.3, 0.4) is 0 Å². The van der Waals surface area contributed by atoms with Gasteiger partial charge in [-0.15, -0.1) is 0 Å². The third kappa shape index (κ3) is 4.10. The predicted octanol–water partition coefficient (Wildman–Crippen LogP) is 0.843. The number of nitrogens with zero attached hydrogens (tertiary/aromatic N) is 1. The van der Waals surface area contributed by atoms with Crippen LogP contribution in [0.5, 0.6) is 0 Å². The summed E-state index contributed by atoms with van der Waals surface area (Å²) in [6.45, 7) is 2.11. The summed E-state index contributed by atoms with van der Waals surface area (Å²) in [5.74, 6) is -0.881. The summed E-state index contributed by atoms with van der Waals surface area (Å²) in [4.78, 5) is 26.1. The molecule has 0 saturated heterocycles. The first-order valence-electron chi connectivity index (χ1n) is 5.11. The maximum Gasteiger partial charge on any atom is 0.356 e. The van der Waals surface area contributed by atoms with Crippen molar-refractivity contribution in [3.05, 3.63) is 24.0 Å². The Balaban J connectivity index is 2.60. The summed E-state index contributed by atoms with van der Waals surface area (Å²) in [5, 5.41) is 2.83. The first kappa shape index (κ1) is 13.0. The lowest BCUT2D eigenvalue weighted by Crippen LogP contribution is -2.17. The van der Waals surface area contributed by atoms with E-state index in [0.717, 1.165) is 0 Å². The van der Waals surface area contributed by atoms with Crippen LogP contribution in [0.25, 0.3) is 0 Å². The highest BCUT2D eigenvalue weighted by molar-refractivity contribution is 5.88. The summed E-state index contributed by atoms with van der Waals surface area (Å²) in [5.41, 5.74) is 0.787. The van der Waals surface area contributed by atoms with Crippen LogP contribution < -0.4 is 5.32 Å². The molecule has 0 fully saturated rings. The Morgan fingerprint density at radius 3 is 2.88 bits per heavy atom. The van der Waals surface area contributed by atoms with Gasteiger partial charge in [0.05, 0.1) is 13.7 Å². The van der Waals surface area contributed by atoms with E-state index in [1.807, 2.05) is 0 Å². The number of anilines is 1. The number of methoxy groups -OCH3 is 1. The highest BCUT2D eigenvalue weighted by atomic mass is 16.5. The molecule has 0 unspecified atom stereocenters. The van der Waals surface area contributed by atoms with Gasteiger partial charge in [0.25, 0.3) is 0 Å². The lowest BCUT2D eigenvalue weighted by Gasteiger charge is -2.06. The van der Waals surface area contributed by atoms with Crippen molar-refractivity contribution in [1.29, 1.82) is 0 Å². The summed E-state index contributed by atoms with van der Waals surface area (Å²) < 4.78 is 9.29. The van der Waals surface area contributed by atoms with Crippen molar-refractivity contribution < 1.29 is 19.1 Å². The topological polar surface area (TPSA) is 77.5 Å². The predicted molar refractivity (Wildman–Crippen MR) is 60.7 cm³/mol. The maximum atomic E-state index is 11.2. The van der Waals surface area contributed by atoms with Crippen molar-refractivity contribution in [2.75, 3.05) is 25.6 Å². The number of nitrogens with one attached hydrogen (secondary N) is 1. The van der Waals surface area contributed by atoms with E-state index in [1.165, 1.54) is 19.4 Å². The summed E-state index contributed by atoms with van der Waals surface area (Å²) in [6.07, 6.45) is 1.46. The molecule has 17 heavy (non-hydrogen) atoms. The number of carbonyl (C=O) groups is 2. The SMILES string of the molecule is CCOC(=O)CNc1ccnc(C(=O)OC)c1. The van der Waals surface area contributed by atoms with Crippen molar-refractivity contribution in [3.8, 4) is 0 Å². The van der Waals surface area contributed by atoms with Crippen LogP contribution in [0.4, 0.5) is 5.69 Å². The molecule has 92 valence electrons. The minimum absolute atomic E-state index is 0.0401. The highest BCUT2D eigenvalue weighted by Crippen LogP contribution is 2.08. The molecular weight excluding hydrogens is 224 g/mol. The fourth-order valence-electron chi connectivity index (χ4n) is 1.14. The van der Waals surface area contributed by atoms with E-state index in [1.54, 1.807) is 13.0 Å². The number of carbonyl (C=O) groups excluding carboxylic acids is 2. The van der Waals surface area contributed by atoms with Crippen LogP contribution >= 0.6 is 0 Å². The molecule has 1 heterocycles. The van der Waals surface area contributed by atoms with Crippen molar-refractivity contribution >= 4 is 17.6 Å². The normalized spacial score (nSPS) is 9.53. The van der Waals surface area contributed by atoms with Gasteiger partial charge in [-0.25, -0.2) is 9.78 Å². The summed E-state index contributed by atoms with van der Waals surface area (Å²) in [6, 6.07) is 3.15. The molecule has 1 aromatic heterocycles. The van der Waals surface area contributed by atoms with Crippen LogP contribution in [0.1, 0.15) is 17.4 Å². The number of esters is 2. The van der Waals surface area contributed by atoms with Crippen molar-refractivity contribution in [3.63, 3.8) is 0 Å². The lowest BCUT2D eigenvalue weighted by atomic mass is 10.3. The largest absolute Gasteiger partial charge is 0.465 e. The van der Waals surface area contributed by atoms with E-state index in [-0.39, 0.29) is 18.2 Å². The number of aromatic nitrogens is 1. The monoisotopic (exact) mass is 238 g/mol. The average molecular weight is 238 g/mol. The molecule has 0 aliphatic heterocycles. The number of hydrogen-bond acceptors (Lipinski definition) is 6. The molecule has 0 aromatic carbocycles. The third-order valence-corrected chi connectivity index (χ3v) is 1.90. The molecule has 6 heteroatoms. The molecule has 6 nitrogen and oxygen atoms in total. The molecule has 0 spiro atoms. The van der Waals surface area contributed by atoms with Crippen LogP contribution in [-0.2, 0) is 14.3 Å². The molecule has 0 amide bonds. The summed E-state index contributed by atoms with van der Waals surface area (Å²) >= 11 is 0. The molecule has 0 bridgehead atoms. The summed E-state index contributed by atoms with van der Waals surface area (Å²) in [7, 11) is 1.28. The number of rotatable bonds is 5. The van der Waals surface area contributed by atoms with Crippen molar-refractivity contribution in [2.45, 2.75) is 6.92 Å². The minimum atomic E-state index is -0.523. The van der Waals surface area contributed by atoms with Gasteiger partial charge in [-0.05, 0) is 19.1 Å². The fraction of sp³-hybridized carbons (Fsp3) is 0.364. The maximum absolute atomic E-state index is 11.2. The Labute approximate surface area is 98.9 Å². The zero-order valence-electron chi connectivity index (χ0n) is 9.73. The standard InChI is InChI=1S/C11H14N2O4/c1-3-17-10(14)7-13-8-4-5-12-9(6-8)11(15)16-2/h4-6H,3,7H2,1-2H3,(H,12,13). The zero-order valence-corrected chi connectivity index (χ0v) is 9.73. The van der Waals surface area contributed by atoms with Gasteiger partial charge in [0.1, 0.15) is 12.2 Å². The second-order valence-corrected chi connectivity index (χ2v) is 3.08. The Kier molecular flexibility index (Phi) is 4.93. The van der Waals surface area contributed by atoms with Gasteiger partial charge in [-0.3, -0.25) is 4.79 Å². The first-order valence-corrected chi connectivity index (χ1v) is 5.11. The van der Waals surface area contributed by atoms with Gasteiger partial charge >= 0.3 is 11.9 Å². The lowest BCUT2D eigenvalue weighted by molar-refractivity contribution is -0.140. The van der Waals surface area contributed by atoms with Gasteiger partial charge in [-0.1, -0.05) is 0 Å². The smallest absolute Gasteiger partial charge is 0.356 e. The zero-order chi connectivity index (χ0) is 12.7. The molecule has 0 aliphatic rings. The Morgan fingerprint density at radius 2 is 2.24 bits per heavy atom. The molecule has 0 saturated carbocycles. The van der Waals surface area contributed by atoms with E-state index in [2.05, 4.69) is 15.0 Å². The first-order chi connectivity index (χ1) is 8.17. The van der Waals surface area contributed by atoms with E-state index in [9.17, 15) is 9.59 Å². The van der Waals surface area contributed by atoms with Crippen LogP contribution in [0.15, 0.2) is 18.3 Å². The second kappa shape index (κ2) is 6.47. The van der Waals surface area contributed by atoms with Crippen molar-refractivity contribution in [2.24, 2.45) is 0 Å². The number of hydrogen-bond donors (Lipinski definition) is 1. The molecule has 1 rings (SSSR count). The van der Waals surface area contributed by atoms with Crippen molar-refractivity contribution in [1.82, 2.24) is 4.98 Å². The average Bonchev–Trinajstić information content (AvgIpc) is 2.36. The van der Waals surface area contributed by atoms with E-state index in [0.29, 0.717) is 12.3 Å². The van der Waals surface area contributed by atoms with Crippen LogP contribution in [0.2, 0.25) is 0 Å². The minimum Gasteiger partial charge on any atom is -0.465 e. The van der Waals surface area contributed by atoms with Gasteiger partial charge in [-0.2, -0.15) is 0 Å². The number of pyridine rings is 1. The van der Waals surface area contributed by atoms with Gasteiger partial charge in [0.15, 0.2) is 0 Å². The molecule has 0 radical (unpaired) electrons. The Morgan fingerprint density at radius 1 is 1.47 bits per heavy atom. The Hall–Kier alpha value is -2.11. The van der Waals surface area contributed by atoms with E-state index in [4.69, 9.17) is 4.74 Å². The highest BCUT2D eigenvalue weighted by Gasteiger charge is 2.08. The third-order valence-electron chi connectivity index (χ3n) is 1.90. The van der Waals surface area contributed by atoms with Gasteiger partial charge in [0.2, 0.25) is 0 Å². The molecular formula is C11H14N2O4. The quantitative estimate of drug-likeness (QED) is 0.766. The van der Waals surface area contributed by atoms with Gasteiger partial charge in [0, 0.05) is 11.9 Å². The van der Waals surface area contributed by atoms with Gasteiger partial charge < -0.3 is 14.8 Å². The molecule has 0 aliphatic carbocycles. The molecule has 1 N–H and O–H groups in total. The van der Waals surface area contributed by atoms with E-state index < -0.39 is 5.97 Å². The van der Waals surface area contributed by atoms with Crippen LogP contribution in [-0.4, -0.2) is 37.2 Å². The molecule has 0 atom stereocenters. The Bertz CT molecular complexity index is 406. The second-order valence-electron chi connectivity index (χ2n) is 3.08. The number of ether oxygens (including phenoxy) is 2. The van der Waals surface area contributed by atoms with Crippen LogP contribution in [0, 0.1) is 0 Å². The fourth-order valence-corrected chi connectivity index (χ4v) is 1.14.